The van der Waals surface area contributed by atoms with Gasteiger partial charge in [-0.25, -0.2) is 0 Å². The van der Waals surface area contributed by atoms with Crippen LogP contribution in [0, 0.1) is 0 Å². The van der Waals surface area contributed by atoms with E-state index in [2.05, 4.69) is 12.2 Å². The minimum atomic E-state index is 0.220. The van der Waals surface area contributed by atoms with Gasteiger partial charge >= 0.3 is 0 Å². The first-order chi connectivity index (χ1) is 8.16. The van der Waals surface area contributed by atoms with Crippen molar-refractivity contribution >= 4 is 28.9 Å². The van der Waals surface area contributed by atoms with Crippen molar-refractivity contribution in [3.8, 4) is 0 Å². The van der Waals surface area contributed by atoms with Crippen LogP contribution in [0.1, 0.15) is 12.7 Å². The number of rotatable bonds is 4. The number of anilines is 1. The Balaban J connectivity index is 2.03. The third-order valence-corrected chi connectivity index (χ3v) is 3.26. The van der Waals surface area contributed by atoms with E-state index in [-0.39, 0.29) is 6.04 Å². The van der Waals surface area contributed by atoms with Crippen LogP contribution >= 0.6 is 23.2 Å². The lowest BCUT2D eigenvalue weighted by Crippen LogP contribution is -2.17. The number of furan rings is 1. The van der Waals surface area contributed by atoms with Crippen LogP contribution in [0.4, 0.5) is 5.69 Å². The van der Waals surface area contributed by atoms with E-state index in [0.717, 1.165) is 17.9 Å². The number of hydrogen-bond donors (Lipinski definition) is 1. The van der Waals surface area contributed by atoms with E-state index in [9.17, 15) is 0 Å². The van der Waals surface area contributed by atoms with Crippen LogP contribution in [-0.4, -0.2) is 6.04 Å². The third-order valence-electron chi connectivity index (χ3n) is 2.44. The lowest BCUT2D eigenvalue weighted by Gasteiger charge is -2.15. The Morgan fingerprint density at radius 3 is 2.76 bits per heavy atom. The number of halogens is 2. The molecule has 2 aromatic rings. The summed E-state index contributed by atoms with van der Waals surface area (Å²) in [5, 5.41) is 4.43. The van der Waals surface area contributed by atoms with Gasteiger partial charge in [0.15, 0.2) is 0 Å². The maximum atomic E-state index is 6.10. The molecule has 0 aliphatic carbocycles. The van der Waals surface area contributed by atoms with Crippen molar-refractivity contribution in [1.82, 2.24) is 0 Å². The van der Waals surface area contributed by atoms with Crippen molar-refractivity contribution in [3.63, 3.8) is 0 Å². The molecule has 0 saturated heterocycles. The summed E-state index contributed by atoms with van der Waals surface area (Å²) >= 11 is 12.1. The average molecular weight is 270 g/mol. The van der Waals surface area contributed by atoms with Crippen molar-refractivity contribution in [2.24, 2.45) is 0 Å². The lowest BCUT2D eigenvalue weighted by atomic mass is 10.2. The largest absolute Gasteiger partial charge is 0.469 e. The Morgan fingerprint density at radius 1 is 1.24 bits per heavy atom. The molecule has 0 aliphatic rings. The maximum Gasteiger partial charge on any atom is 0.105 e. The highest BCUT2D eigenvalue weighted by Crippen LogP contribution is 2.30. The topological polar surface area (TPSA) is 25.2 Å². The summed E-state index contributed by atoms with van der Waals surface area (Å²) in [6.07, 6.45) is 2.48. The van der Waals surface area contributed by atoms with Gasteiger partial charge in [0.25, 0.3) is 0 Å². The fourth-order valence-electron chi connectivity index (χ4n) is 1.66. The standard InChI is InChI=1S/C13H13Cl2NO/c1-9(8-10-4-3-7-17-10)16-12-6-2-5-11(14)13(12)15/h2-7,9,16H,8H2,1H3. The molecule has 0 aliphatic heterocycles. The van der Waals surface area contributed by atoms with Crippen molar-refractivity contribution in [2.75, 3.05) is 5.32 Å². The SMILES string of the molecule is CC(Cc1ccco1)Nc1cccc(Cl)c1Cl. The Kier molecular flexibility index (Phi) is 3.97. The molecular weight excluding hydrogens is 257 g/mol. The molecule has 1 unspecified atom stereocenters. The van der Waals surface area contributed by atoms with Crippen LogP contribution in [0.25, 0.3) is 0 Å². The highest BCUT2D eigenvalue weighted by Gasteiger charge is 2.09. The Hall–Kier alpha value is -1.12. The van der Waals surface area contributed by atoms with Crippen molar-refractivity contribution in [1.29, 1.82) is 0 Å². The Morgan fingerprint density at radius 2 is 2.06 bits per heavy atom. The van der Waals surface area contributed by atoms with E-state index < -0.39 is 0 Å². The number of nitrogens with one attached hydrogen (secondary N) is 1. The molecule has 1 heterocycles. The number of hydrogen-bond acceptors (Lipinski definition) is 2. The van der Waals surface area contributed by atoms with E-state index in [0.29, 0.717) is 10.0 Å². The summed E-state index contributed by atoms with van der Waals surface area (Å²) in [5.74, 6) is 0.947. The van der Waals surface area contributed by atoms with Gasteiger partial charge in [0.1, 0.15) is 5.76 Å². The minimum Gasteiger partial charge on any atom is -0.469 e. The van der Waals surface area contributed by atoms with Crippen LogP contribution in [0.5, 0.6) is 0 Å². The molecule has 90 valence electrons. The average Bonchev–Trinajstić information content (AvgIpc) is 2.77. The third kappa shape index (κ3) is 3.18. The molecule has 0 saturated carbocycles. The van der Waals surface area contributed by atoms with E-state index in [1.165, 1.54) is 0 Å². The van der Waals surface area contributed by atoms with Gasteiger partial charge < -0.3 is 9.73 Å². The highest BCUT2D eigenvalue weighted by molar-refractivity contribution is 6.43. The summed E-state index contributed by atoms with van der Waals surface area (Å²) < 4.78 is 5.30. The van der Waals surface area contributed by atoms with E-state index in [1.54, 1.807) is 12.3 Å². The van der Waals surface area contributed by atoms with Crippen molar-refractivity contribution in [2.45, 2.75) is 19.4 Å². The summed E-state index contributed by atoms with van der Waals surface area (Å²) in [6.45, 7) is 2.07. The summed E-state index contributed by atoms with van der Waals surface area (Å²) in [5.41, 5.74) is 0.846. The second kappa shape index (κ2) is 5.48. The lowest BCUT2D eigenvalue weighted by molar-refractivity contribution is 0.498. The van der Waals surface area contributed by atoms with Crippen LogP contribution in [-0.2, 0) is 6.42 Å². The molecule has 2 nitrogen and oxygen atoms in total. The van der Waals surface area contributed by atoms with Gasteiger partial charge in [-0.05, 0) is 31.2 Å². The molecule has 4 heteroatoms. The fourth-order valence-corrected chi connectivity index (χ4v) is 2.02. The summed E-state index contributed by atoms with van der Waals surface area (Å²) in [6, 6.07) is 9.61. The van der Waals surface area contributed by atoms with Gasteiger partial charge in [0.2, 0.25) is 0 Å². The molecule has 1 aromatic carbocycles. The van der Waals surface area contributed by atoms with Gasteiger partial charge in [-0.15, -0.1) is 0 Å². The van der Waals surface area contributed by atoms with Gasteiger partial charge in [-0.2, -0.15) is 0 Å². The molecule has 2 rings (SSSR count). The minimum absolute atomic E-state index is 0.220. The zero-order valence-corrected chi connectivity index (χ0v) is 10.9. The highest BCUT2D eigenvalue weighted by atomic mass is 35.5. The molecule has 0 bridgehead atoms. The zero-order chi connectivity index (χ0) is 12.3. The second-order valence-electron chi connectivity index (χ2n) is 3.93. The molecule has 0 amide bonds. The molecule has 1 atom stereocenters. The normalized spacial score (nSPS) is 12.4. The Bertz CT molecular complexity index is 482. The molecule has 0 fully saturated rings. The summed E-state index contributed by atoms with van der Waals surface area (Å²) in [7, 11) is 0. The quantitative estimate of drug-likeness (QED) is 0.876. The predicted molar refractivity (Wildman–Crippen MR) is 72.0 cm³/mol. The van der Waals surface area contributed by atoms with Crippen LogP contribution in [0.3, 0.4) is 0 Å². The zero-order valence-electron chi connectivity index (χ0n) is 9.41. The van der Waals surface area contributed by atoms with Crippen LogP contribution in [0.15, 0.2) is 41.0 Å². The fraction of sp³-hybridized carbons (Fsp3) is 0.231. The molecular formula is C13H13Cl2NO. The van der Waals surface area contributed by atoms with Crippen molar-refractivity contribution < 1.29 is 4.42 Å². The van der Waals surface area contributed by atoms with Crippen molar-refractivity contribution in [3.05, 3.63) is 52.4 Å². The molecule has 0 spiro atoms. The molecule has 0 radical (unpaired) electrons. The first kappa shape index (κ1) is 12.3. The molecule has 17 heavy (non-hydrogen) atoms. The predicted octanol–water partition coefficient (Wildman–Crippen LogP) is 4.63. The molecule has 1 aromatic heterocycles. The van der Waals surface area contributed by atoms with Gasteiger partial charge in [0, 0.05) is 12.5 Å². The first-order valence-corrected chi connectivity index (χ1v) is 6.15. The summed E-state index contributed by atoms with van der Waals surface area (Å²) in [4.78, 5) is 0. The van der Waals surface area contributed by atoms with E-state index in [4.69, 9.17) is 27.6 Å². The smallest absolute Gasteiger partial charge is 0.105 e. The maximum absolute atomic E-state index is 6.10. The van der Waals surface area contributed by atoms with Gasteiger partial charge in [-0.1, -0.05) is 29.3 Å². The monoisotopic (exact) mass is 269 g/mol. The van der Waals surface area contributed by atoms with E-state index in [1.807, 2.05) is 24.3 Å². The van der Waals surface area contributed by atoms with E-state index >= 15 is 0 Å². The second-order valence-corrected chi connectivity index (χ2v) is 4.72. The number of benzene rings is 1. The Labute approximate surface area is 111 Å². The van der Waals surface area contributed by atoms with Gasteiger partial charge in [-0.3, -0.25) is 0 Å². The van der Waals surface area contributed by atoms with Crippen LogP contribution < -0.4 is 5.32 Å². The van der Waals surface area contributed by atoms with Gasteiger partial charge in [0.05, 0.1) is 22.0 Å². The van der Waals surface area contributed by atoms with Crippen LogP contribution in [0.2, 0.25) is 10.0 Å². The molecule has 1 N–H and O–H groups in total. The first-order valence-electron chi connectivity index (χ1n) is 5.39.